The summed E-state index contributed by atoms with van der Waals surface area (Å²) in [5, 5.41) is 4.76. The number of nitrogens with one attached hydrogen (secondary N) is 1. The molecule has 2 atom stereocenters. The van der Waals surface area contributed by atoms with Crippen LogP contribution in [-0.2, 0) is 0 Å². The molecule has 1 aliphatic rings. The molecular formula is C17H18Cl2N2. The molecule has 0 saturated carbocycles. The maximum Gasteiger partial charge on any atom is 0.0667 e. The van der Waals surface area contributed by atoms with Gasteiger partial charge >= 0.3 is 0 Å². The number of hydrogen-bond acceptors (Lipinski definition) is 2. The smallest absolute Gasteiger partial charge is 0.0667 e. The van der Waals surface area contributed by atoms with Crippen LogP contribution in [0.1, 0.15) is 18.5 Å². The maximum absolute atomic E-state index is 6.19. The summed E-state index contributed by atoms with van der Waals surface area (Å²) in [5.41, 5.74) is 2.43. The zero-order valence-electron chi connectivity index (χ0n) is 11.9. The van der Waals surface area contributed by atoms with Gasteiger partial charge in [0.15, 0.2) is 0 Å². The third-order valence-corrected chi connectivity index (χ3v) is 4.66. The molecule has 3 rings (SSSR count). The number of rotatable bonds is 2. The van der Waals surface area contributed by atoms with E-state index in [-0.39, 0.29) is 0 Å². The minimum atomic E-state index is 0.305. The van der Waals surface area contributed by atoms with Crippen molar-refractivity contribution in [3.8, 4) is 0 Å². The normalized spacial score (nSPS) is 22.3. The molecule has 0 aliphatic carbocycles. The molecular weight excluding hydrogens is 303 g/mol. The molecule has 0 spiro atoms. The number of hydrogen-bond donors (Lipinski definition) is 1. The fourth-order valence-electron chi connectivity index (χ4n) is 2.83. The second kappa shape index (κ2) is 6.27. The highest BCUT2D eigenvalue weighted by atomic mass is 35.5. The van der Waals surface area contributed by atoms with Crippen LogP contribution in [0.3, 0.4) is 0 Å². The Morgan fingerprint density at radius 2 is 1.81 bits per heavy atom. The first-order valence-corrected chi connectivity index (χ1v) is 7.91. The van der Waals surface area contributed by atoms with E-state index in [4.69, 9.17) is 23.2 Å². The van der Waals surface area contributed by atoms with Crippen molar-refractivity contribution in [2.75, 3.05) is 18.0 Å². The summed E-state index contributed by atoms with van der Waals surface area (Å²) < 4.78 is 0. The molecule has 21 heavy (non-hydrogen) atoms. The fourth-order valence-corrected chi connectivity index (χ4v) is 3.12. The average Bonchev–Trinajstić information content (AvgIpc) is 2.51. The van der Waals surface area contributed by atoms with Crippen molar-refractivity contribution < 1.29 is 0 Å². The highest BCUT2D eigenvalue weighted by Gasteiger charge is 2.27. The zero-order chi connectivity index (χ0) is 14.8. The molecule has 1 heterocycles. The Labute approximate surface area is 135 Å². The summed E-state index contributed by atoms with van der Waals surface area (Å²) in [6.07, 6.45) is 0. The molecule has 0 aromatic heterocycles. The van der Waals surface area contributed by atoms with Crippen molar-refractivity contribution in [1.82, 2.24) is 5.32 Å². The van der Waals surface area contributed by atoms with Crippen LogP contribution in [0.5, 0.6) is 0 Å². The monoisotopic (exact) mass is 320 g/mol. The number of nitrogens with zero attached hydrogens (tertiary/aromatic N) is 1. The van der Waals surface area contributed by atoms with Crippen molar-refractivity contribution >= 4 is 28.9 Å². The Hall–Kier alpha value is -1.22. The molecule has 2 unspecified atom stereocenters. The van der Waals surface area contributed by atoms with Gasteiger partial charge in [0.25, 0.3) is 0 Å². The van der Waals surface area contributed by atoms with Crippen molar-refractivity contribution in [3.63, 3.8) is 0 Å². The van der Waals surface area contributed by atoms with E-state index in [0.717, 1.165) is 18.8 Å². The second-order valence-corrected chi connectivity index (χ2v) is 6.30. The van der Waals surface area contributed by atoms with Crippen LogP contribution in [0.15, 0.2) is 48.5 Å². The Balaban J connectivity index is 1.96. The number of halogens is 2. The van der Waals surface area contributed by atoms with Crippen LogP contribution in [0, 0.1) is 0 Å². The molecule has 2 aromatic rings. The standard InChI is InChI=1S/C17H18Cl2N2/c1-12-11-21(14-7-8-15(18)16(19)9-14)17(10-20-12)13-5-3-2-4-6-13/h2-9,12,17,20H,10-11H2,1H3. The predicted molar refractivity (Wildman–Crippen MR) is 90.5 cm³/mol. The SMILES string of the molecule is CC1CN(c2ccc(Cl)c(Cl)c2)C(c2ccccc2)CN1. The molecule has 2 nitrogen and oxygen atoms in total. The Bertz CT molecular complexity index is 615. The average molecular weight is 321 g/mol. The summed E-state index contributed by atoms with van der Waals surface area (Å²) in [5.74, 6) is 0. The molecule has 110 valence electrons. The van der Waals surface area contributed by atoms with Crippen molar-refractivity contribution in [2.24, 2.45) is 0 Å². The Morgan fingerprint density at radius 1 is 1.05 bits per heavy atom. The highest BCUT2D eigenvalue weighted by molar-refractivity contribution is 6.42. The Kier molecular flexibility index (Phi) is 4.39. The van der Waals surface area contributed by atoms with Gasteiger partial charge in [-0.25, -0.2) is 0 Å². The van der Waals surface area contributed by atoms with Crippen LogP contribution < -0.4 is 10.2 Å². The van der Waals surface area contributed by atoms with Gasteiger partial charge in [0, 0.05) is 24.8 Å². The zero-order valence-corrected chi connectivity index (χ0v) is 13.4. The van der Waals surface area contributed by atoms with Gasteiger partial charge in [0.05, 0.1) is 16.1 Å². The van der Waals surface area contributed by atoms with E-state index >= 15 is 0 Å². The Morgan fingerprint density at radius 3 is 2.52 bits per heavy atom. The first-order chi connectivity index (χ1) is 10.1. The largest absolute Gasteiger partial charge is 0.362 e. The third-order valence-electron chi connectivity index (χ3n) is 3.93. The molecule has 1 saturated heterocycles. The topological polar surface area (TPSA) is 15.3 Å². The lowest BCUT2D eigenvalue weighted by atomic mass is 10.0. The first-order valence-electron chi connectivity index (χ1n) is 7.15. The van der Waals surface area contributed by atoms with Crippen molar-refractivity contribution in [2.45, 2.75) is 19.0 Å². The summed E-state index contributed by atoms with van der Waals surface area (Å²) in [6, 6.07) is 17.2. The third kappa shape index (κ3) is 3.18. The molecule has 4 heteroatoms. The molecule has 0 radical (unpaired) electrons. The highest BCUT2D eigenvalue weighted by Crippen LogP contribution is 2.33. The minimum absolute atomic E-state index is 0.305. The van der Waals surface area contributed by atoms with E-state index in [0.29, 0.717) is 22.1 Å². The molecule has 2 aromatic carbocycles. The van der Waals surface area contributed by atoms with Crippen LogP contribution in [-0.4, -0.2) is 19.1 Å². The van der Waals surface area contributed by atoms with Crippen LogP contribution in [0.25, 0.3) is 0 Å². The van der Waals surface area contributed by atoms with Crippen LogP contribution >= 0.6 is 23.2 Å². The van der Waals surface area contributed by atoms with E-state index in [1.807, 2.05) is 24.3 Å². The second-order valence-electron chi connectivity index (χ2n) is 5.49. The predicted octanol–water partition coefficient (Wildman–Crippen LogP) is 4.53. The molecule has 0 amide bonds. The summed E-state index contributed by atoms with van der Waals surface area (Å²) in [7, 11) is 0. The first kappa shape index (κ1) is 14.7. The van der Waals surface area contributed by atoms with E-state index in [1.165, 1.54) is 5.56 Å². The van der Waals surface area contributed by atoms with E-state index in [2.05, 4.69) is 41.4 Å². The van der Waals surface area contributed by atoms with Gasteiger partial charge in [-0.3, -0.25) is 0 Å². The van der Waals surface area contributed by atoms with Crippen LogP contribution in [0.2, 0.25) is 10.0 Å². The lowest BCUT2D eigenvalue weighted by Crippen LogP contribution is -2.51. The number of piperazine rings is 1. The molecule has 1 N–H and O–H groups in total. The van der Waals surface area contributed by atoms with Gasteiger partial charge in [-0.2, -0.15) is 0 Å². The van der Waals surface area contributed by atoms with Crippen LogP contribution in [0.4, 0.5) is 5.69 Å². The number of anilines is 1. The van der Waals surface area contributed by atoms with Gasteiger partial charge in [-0.1, -0.05) is 53.5 Å². The summed E-state index contributed by atoms with van der Waals surface area (Å²) >= 11 is 12.2. The fraction of sp³-hybridized carbons (Fsp3) is 0.294. The molecule has 1 fully saturated rings. The maximum atomic E-state index is 6.19. The summed E-state index contributed by atoms with van der Waals surface area (Å²) in [4.78, 5) is 2.40. The van der Waals surface area contributed by atoms with Gasteiger partial charge in [-0.05, 0) is 30.7 Å². The lowest BCUT2D eigenvalue weighted by molar-refractivity contribution is 0.416. The summed E-state index contributed by atoms with van der Waals surface area (Å²) in [6.45, 7) is 4.06. The molecule has 1 aliphatic heterocycles. The van der Waals surface area contributed by atoms with Gasteiger partial charge in [0.1, 0.15) is 0 Å². The quantitative estimate of drug-likeness (QED) is 0.874. The van der Waals surface area contributed by atoms with Crippen molar-refractivity contribution in [1.29, 1.82) is 0 Å². The van der Waals surface area contributed by atoms with Crippen molar-refractivity contribution in [3.05, 3.63) is 64.1 Å². The van der Waals surface area contributed by atoms with Gasteiger partial charge < -0.3 is 10.2 Å². The number of benzene rings is 2. The molecule has 0 bridgehead atoms. The van der Waals surface area contributed by atoms with E-state index < -0.39 is 0 Å². The van der Waals surface area contributed by atoms with E-state index in [9.17, 15) is 0 Å². The minimum Gasteiger partial charge on any atom is -0.362 e. The lowest BCUT2D eigenvalue weighted by Gasteiger charge is -2.41. The van der Waals surface area contributed by atoms with E-state index in [1.54, 1.807) is 0 Å². The van der Waals surface area contributed by atoms with Gasteiger partial charge in [0.2, 0.25) is 0 Å². The van der Waals surface area contributed by atoms with Gasteiger partial charge in [-0.15, -0.1) is 0 Å².